The fraction of sp³-hybridized carbons (Fsp3) is 0.250. The first kappa shape index (κ1) is 18.4. The van der Waals surface area contributed by atoms with Crippen LogP contribution in [-0.2, 0) is 14.4 Å². The number of nitrogens with two attached hydrogens (primary N) is 2. The van der Waals surface area contributed by atoms with Gasteiger partial charge < -0.3 is 16.4 Å². The van der Waals surface area contributed by atoms with Crippen LogP contribution in [0, 0.1) is 5.92 Å². The van der Waals surface area contributed by atoms with E-state index in [1.165, 1.54) is 9.80 Å². The zero-order chi connectivity index (χ0) is 19.4. The molecule has 140 valence electrons. The number of anilines is 3. The van der Waals surface area contributed by atoms with Crippen molar-refractivity contribution in [3.63, 3.8) is 0 Å². The predicted octanol–water partition coefficient (Wildman–Crippen LogP) is 1.66. The van der Waals surface area contributed by atoms with Crippen LogP contribution in [0.1, 0.15) is 12.8 Å². The molecule has 3 amide bonds. The van der Waals surface area contributed by atoms with Crippen molar-refractivity contribution < 1.29 is 14.4 Å². The maximum atomic E-state index is 13.1. The summed E-state index contributed by atoms with van der Waals surface area (Å²) in [6.45, 7) is 0.672. The van der Waals surface area contributed by atoms with E-state index < -0.39 is 11.8 Å². The van der Waals surface area contributed by atoms with Crippen molar-refractivity contribution in [3.05, 3.63) is 54.6 Å². The van der Waals surface area contributed by atoms with Gasteiger partial charge in [-0.15, -0.1) is 0 Å². The summed E-state index contributed by atoms with van der Waals surface area (Å²) in [7, 11) is 0. The van der Waals surface area contributed by atoms with E-state index in [2.05, 4.69) is 0 Å². The normalized spacial score (nSPS) is 14.6. The van der Waals surface area contributed by atoms with Crippen molar-refractivity contribution in [1.82, 2.24) is 4.90 Å². The van der Waals surface area contributed by atoms with Gasteiger partial charge >= 0.3 is 11.8 Å². The molecule has 0 atom stereocenters. The van der Waals surface area contributed by atoms with Crippen molar-refractivity contribution >= 4 is 34.8 Å². The van der Waals surface area contributed by atoms with Crippen molar-refractivity contribution in [3.8, 4) is 0 Å². The first-order chi connectivity index (χ1) is 13.0. The molecule has 0 bridgehead atoms. The van der Waals surface area contributed by atoms with Gasteiger partial charge in [0.2, 0.25) is 5.91 Å². The largest absolute Gasteiger partial charge is 0.399 e. The fourth-order valence-electron chi connectivity index (χ4n) is 3.18. The first-order valence-electron chi connectivity index (χ1n) is 8.80. The van der Waals surface area contributed by atoms with E-state index in [1.807, 2.05) is 6.07 Å². The van der Waals surface area contributed by atoms with E-state index in [1.54, 1.807) is 48.5 Å². The molecule has 1 aliphatic heterocycles. The summed E-state index contributed by atoms with van der Waals surface area (Å²) in [6.07, 6.45) is 0.948. The third-order valence-electron chi connectivity index (χ3n) is 4.74. The van der Waals surface area contributed by atoms with E-state index in [4.69, 9.17) is 11.5 Å². The maximum Gasteiger partial charge on any atom is 0.321 e. The van der Waals surface area contributed by atoms with Crippen molar-refractivity contribution in [2.24, 2.45) is 11.7 Å². The summed E-state index contributed by atoms with van der Waals surface area (Å²) in [5.74, 6) is -1.85. The third-order valence-corrected chi connectivity index (χ3v) is 4.74. The topological polar surface area (TPSA) is 110 Å². The molecule has 7 heteroatoms. The Morgan fingerprint density at radius 1 is 0.889 bits per heavy atom. The Hall–Kier alpha value is -3.35. The minimum absolute atomic E-state index is 0.244. The van der Waals surface area contributed by atoms with Gasteiger partial charge in [0, 0.05) is 36.1 Å². The molecule has 0 saturated carbocycles. The molecule has 0 spiro atoms. The number of nitrogen functional groups attached to an aromatic ring is 1. The highest BCUT2D eigenvalue weighted by molar-refractivity contribution is 6.42. The van der Waals surface area contributed by atoms with Gasteiger partial charge in [0.05, 0.1) is 0 Å². The average Bonchev–Trinajstić information content (AvgIpc) is 2.70. The minimum Gasteiger partial charge on any atom is -0.399 e. The molecule has 3 rings (SSSR count). The Balaban J connectivity index is 1.84. The second-order valence-electron chi connectivity index (χ2n) is 6.54. The Morgan fingerprint density at radius 3 is 2.00 bits per heavy atom. The van der Waals surface area contributed by atoms with Crippen molar-refractivity contribution in [2.45, 2.75) is 12.8 Å². The zero-order valence-electron chi connectivity index (χ0n) is 14.9. The number of para-hydroxylation sites is 1. The lowest BCUT2D eigenvalue weighted by Gasteiger charge is -2.32. The van der Waals surface area contributed by atoms with Crippen LogP contribution in [-0.4, -0.2) is 35.7 Å². The van der Waals surface area contributed by atoms with Crippen LogP contribution < -0.4 is 16.4 Å². The summed E-state index contributed by atoms with van der Waals surface area (Å²) >= 11 is 0. The summed E-state index contributed by atoms with van der Waals surface area (Å²) in [5, 5.41) is 0. The Labute approximate surface area is 157 Å². The van der Waals surface area contributed by atoms with E-state index in [0.29, 0.717) is 43.0 Å². The second-order valence-corrected chi connectivity index (χ2v) is 6.54. The highest BCUT2D eigenvalue weighted by atomic mass is 16.2. The highest BCUT2D eigenvalue weighted by Gasteiger charge is 2.32. The fourth-order valence-corrected chi connectivity index (χ4v) is 3.18. The predicted molar refractivity (Wildman–Crippen MR) is 103 cm³/mol. The van der Waals surface area contributed by atoms with Crippen LogP contribution >= 0.6 is 0 Å². The molecule has 2 aromatic carbocycles. The molecule has 4 N–H and O–H groups in total. The number of hydrogen-bond donors (Lipinski definition) is 2. The summed E-state index contributed by atoms with van der Waals surface area (Å²) in [6, 6.07) is 15.7. The summed E-state index contributed by atoms with van der Waals surface area (Å²) < 4.78 is 0. The monoisotopic (exact) mass is 366 g/mol. The standard InChI is InChI=1S/C20H22N4O3/c21-15-6-8-17(9-7-15)24(16-4-2-1-3-5-16)20(27)19(26)23-12-10-14(11-13-23)18(22)25/h1-9,14H,10-13,21H2,(H2,22,25). The van der Waals surface area contributed by atoms with Crippen LogP contribution in [0.15, 0.2) is 54.6 Å². The number of carbonyl (C=O) groups is 3. The average molecular weight is 366 g/mol. The lowest BCUT2D eigenvalue weighted by Crippen LogP contribution is -2.48. The number of benzene rings is 2. The second kappa shape index (κ2) is 7.90. The van der Waals surface area contributed by atoms with Crippen LogP contribution in [0.4, 0.5) is 17.1 Å². The summed E-state index contributed by atoms with van der Waals surface area (Å²) in [5.41, 5.74) is 12.8. The van der Waals surface area contributed by atoms with Crippen LogP contribution in [0.2, 0.25) is 0 Å². The number of piperidine rings is 1. The number of likely N-dealkylation sites (tertiary alicyclic amines) is 1. The summed E-state index contributed by atoms with van der Waals surface area (Å²) in [4.78, 5) is 40.0. The Morgan fingerprint density at radius 2 is 1.44 bits per heavy atom. The molecule has 0 aliphatic carbocycles. The van der Waals surface area contributed by atoms with Gasteiger partial charge in [0.25, 0.3) is 0 Å². The molecular formula is C20H22N4O3. The van der Waals surface area contributed by atoms with Crippen LogP contribution in [0.5, 0.6) is 0 Å². The lowest BCUT2D eigenvalue weighted by atomic mass is 9.96. The third kappa shape index (κ3) is 4.08. The van der Waals surface area contributed by atoms with Crippen LogP contribution in [0.3, 0.4) is 0 Å². The highest BCUT2D eigenvalue weighted by Crippen LogP contribution is 2.27. The Bertz CT molecular complexity index is 828. The van der Waals surface area contributed by atoms with E-state index in [0.717, 1.165) is 0 Å². The van der Waals surface area contributed by atoms with Gasteiger partial charge in [-0.2, -0.15) is 0 Å². The molecule has 27 heavy (non-hydrogen) atoms. The van der Waals surface area contributed by atoms with E-state index in [-0.39, 0.29) is 11.8 Å². The smallest absolute Gasteiger partial charge is 0.321 e. The number of hydrogen-bond acceptors (Lipinski definition) is 4. The first-order valence-corrected chi connectivity index (χ1v) is 8.80. The minimum atomic E-state index is -0.650. The molecule has 1 aliphatic rings. The number of rotatable bonds is 3. The van der Waals surface area contributed by atoms with Gasteiger partial charge in [-0.1, -0.05) is 18.2 Å². The molecule has 1 fully saturated rings. The quantitative estimate of drug-likeness (QED) is 0.636. The number of amides is 3. The van der Waals surface area contributed by atoms with Gasteiger partial charge in [0.15, 0.2) is 0 Å². The van der Waals surface area contributed by atoms with Gasteiger partial charge in [0.1, 0.15) is 0 Å². The van der Waals surface area contributed by atoms with Gasteiger partial charge in [-0.25, -0.2) is 0 Å². The molecule has 1 heterocycles. The molecule has 0 unspecified atom stereocenters. The maximum absolute atomic E-state index is 13.1. The molecule has 0 radical (unpaired) electrons. The van der Waals surface area contributed by atoms with E-state index in [9.17, 15) is 14.4 Å². The molecule has 7 nitrogen and oxygen atoms in total. The lowest BCUT2D eigenvalue weighted by molar-refractivity contribution is -0.145. The molecule has 1 saturated heterocycles. The number of primary amides is 1. The SMILES string of the molecule is NC(=O)C1CCN(C(=O)C(=O)N(c2ccccc2)c2ccc(N)cc2)CC1. The van der Waals surface area contributed by atoms with Crippen molar-refractivity contribution in [2.75, 3.05) is 23.7 Å². The van der Waals surface area contributed by atoms with E-state index >= 15 is 0 Å². The number of carbonyl (C=O) groups excluding carboxylic acids is 3. The molecular weight excluding hydrogens is 344 g/mol. The van der Waals surface area contributed by atoms with Gasteiger partial charge in [-0.3, -0.25) is 19.3 Å². The molecule has 2 aromatic rings. The molecule has 0 aromatic heterocycles. The number of nitrogens with zero attached hydrogens (tertiary/aromatic N) is 2. The van der Waals surface area contributed by atoms with Crippen LogP contribution in [0.25, 0.3) is 0 Å². The Kier molecular flexibility index (Phi) is 5.40. The van der Waals surface area contributed by atoms with Crippen molar-refractivity contribution in [1.29, 1.82) is 0 Å². The zero-order valence-corrected chi connectivity index (χ0v) is 14.9. The van der Waals surface area contributed by atoms with Gasteiger partial charge in [-0.05, 0) is 49.2 Å².